The van der Waals surface area contributed by atoms with Gasteiger partial charge in [-0.1, -0.05) is 6.92 Å². The number of nitrogens with two attached hydrogens (primary N) is 1. The van der Waals surface area contributed by atoms with E-state index in [1.807, 2.05) is 0 Å². The predicted octanol–water partition coefficient (Wildman–Crippen LogP) is 1.65. The van der Waals surface area contributed by atoms with E-state index in [9.17, 15) is 14.7 Å². The minimum absolute atomic E-state index is 0.0645. The van der Waals surface area contributed by atoms with Crippen molar-refractivity contribution in [2.75, 3.05) is 0 Å². The Hall–Kier alpha value is -1.10. The number of carbonyl (C=O) groups is 2. The molecule has 2 fully saturated rings. The van der Waals surface area contributed by atoms with Crippen LogP contribution in [0.5, 0.6) is 0 Å². The Balaban J connectivity index is 1.98. The number of carbonyl (C=O) groups excluding carboxylic acids is 1. The molecule has 0 aliphatic heterocycles. The van der Waals surface area contributed by atoms with E-state index < -0.39 is 11.5 Å². The van der Waals surface area contributed by atoms with E-state index in [0.29, 0.717) is 18.8 Å². The highest BCUT2D eigenvalue weighted by Gasteiger charge is 2.43. The van der Waals surface area contributed by atoms with Crippen LogP contribution in [0, 0.1) is 11.8 Å². The zero-order valence-electron chi connectivity index (χ0n) is 12.2. The van der Waals surface area contributed by atoms with Crippen molar-refractivity contribution in [1.82, 2.24) is 5.32 Å². The Bertz CT molecular complexity index is 367. The van der Waals surface area contributed by atoms with E-state index >= 15 is 0 Å². The third-order valence-corrected chi connectivity index (χ3v) is 5.04. The number of hydrogen-bond donors (Lipinski definition) is 3. The van der Waals surface area contributed by atoms with E-state index in [-0.39, 0.29) is 17.9 Å². The van der Waals surface area contributed by atoms with Crippen LogP contribution in [0.2, 0.25) is 0 Å². The van der Waals surface area contributed by atoms with Gasteiger partial charge >= 0.3 is 5.97 Å². The molecule has 2 aliphatic rings. The van der Waals surface area contributed by atoms with Gasteiger partial charge in [0.05, 0.1) is 0 Å². The quantitative estimate of drug-likeness (QED) is 0.734. The smallest absolute Gasteiger partial charge is 0.329 e. The summed E-state index contributed by atoms with van der Waals surface area (Å²) in [6.45, 7) is 2.14. The molecule has 0 aromatic heterocycles. The Morgan fingerprint density at radius 1 is 1.10 bits per heavy atom. The van der Waals surface area contributed by atoms with E-state index in [0.717, 1.165) is 38.5 Å². The van der Waals surface area contributed by atoms with Gasteiger partial charge in [0.1, 0.15) is 5.54 Å². The van der Waals surface area contributed by atoms with Crippen molar-refractivity contribution in [3.8, 4) is 0 Å². The molecule has 0 unspecified atom stereocenters. The topological polar surface area (TPSA) is 92.4 Å². The fraction of sp³-hybridized carbons (Fsp3) is 0.867. The maximum Gasteiger partial charge on any atom is 0.329 e. The van der Waals surface area contributed by atoms with Gasteiger partial charge < -0.3 is 16.2 Å². The third kappa shape index (κ3) is 3.32. The third-order valence-electron chi connectivity index (χ3n) is 5.04. The molecule has 1 amide bonds. The van der Waals surface area contributed by atoms with Crippen molar-refractivity contribution in [3.05, 3.63) is 0 Å². The largest absolute Gasteiger partial charge is 0.480 e. The minimum atomic E-state index is -1.04. The first-order valence-corrected chi connectivity index (χ1v) is 7.74. The van der Waals surface area contributed by atoms with E-state index in [2.05, 4.69) is 12.2 Å². The average molecular weight is 282 g/mol. The summed E-state index contributed by atoms with van der Waals surface area (Å²) in [4.78, 5) is 24.0. The molecule has 0 radical (unpaired) electrons. The fourth-order valence-electron chi connectivity index (χ4n) is 3.37. The molecule has 114 valence electrons. The van der Waals surface area contributed by atoms with E-state index in [4.69, 9.17) is 5.73 Å². The van der Waals surface area contributed by atoms with E-state index in [1.165, 1.54) is 0 Å². The van der Waals surface area contributed by atoms with Gasteiger partial charge in [-0.05, 0) is 57.3 Å². The number of rotatable bonds is 3. The second-order valence-electron chi connectivity index (χ2n) is 6.67. The summed E-state index contributed by atoms with van der Waals surface area (Å²) in [5.41, 5.74) is 4.81. The van der Waals surface area contributed by atoms with Crippen LogP contribution in [0.25, 0.3) is 0 Å². The van der Waals surface area contributed by atoms with Gasteiger partial charge in [0, 0.05) is 12.0 Å². The van der Waals surface area contributed by atoms with Crippen LogP contribution >= 0.6 is 0 Å². The van der Waals surface area contributed by atoms with Crippen LogP contribution in [0.1, 0.15) is 58.3 Å². The lowest BCUT2D eigenvalue weighted by Gasteiger charge is -2.38. The van der Waals surface area contributed by atoms with Crippen LogP contribution < -0.4 is 11.1 Å². The molecule has 2 rings (SSSR count). The van der Waals surface area contributed by atoms with Gasteiger partial charge in [0.2, 0.25) is 5.91 Å². The van der Waals surface area contributed by atoms with Crippen LogP contribution in [0.4, 0.5) is 0 Å². The molecule has 5 heteroatoms. The van der Waals surface area contributed by atoms with Gasteiger partial charge in [-0.25, -0.2) is 4.79 Å². The van der Waals surface area contributed by atoms with Crippen molar-refractivity contribution < 1.29 is 14.7 Å². The second-order valence-corrected chi connectivity index (χ2v) is 6.67. The molecule has 0 aromatic carbocycles. The molecule has 0 heterocycles. The summed E-state index contributed by atoms with van der Waals surface area (Å²) in [6, 6.07) is 0.197. The predicted molar refractivity (Wildman–Crippen MR) is 76.1 cm³/mol. The molecule has 0 bridgehead atoms. The summed E-state index contributed by atoms with van der Waals surface area (Å²) in [7, 11) is 0. The Labute approximate surface area is 120 Å². The van der Waals surface area contributed by atoms with Gasteiger partial charge in [-0.3, -0.25) is 4.79 Å². The van der Waals surface area contributed by atoms with E-state index in [1.54, 1.807) is 0 Å². The molecule has 4 N–H and O–H groups in total. The molecule has 0 aromatic rings. The lowest BCUT2D eigenvalue weighted by atomic mass is 9.76. The molecule has 0 saturated heterocycles. The van der Waals surface area contributed by atoms with Crippen LogP contribution in [-0.4, -0.2) is 28.6 Å². The molecule has 2 saturated carbocycles. The van der Waals surface area contributed by atoms with Gasteiger partial charge in [-0.15, -0.1) is 0 Å². The molecular formula is C15H26N2O3. The Kier molecular flexibility index (Phi) is 4.68. The lowest BCUT2D eigenvalue weighted by molar-refractivity contribution is -0.150. The van der Waals surface area contributed by atoms with Crippen LogP contribution in [0.3, 0.4) is 0 Å². The van der Waals surface area contributed by atoms with Crippen molar-refractivity contribution in [1.29, 1.82) is 0 Å². The lowest BCUT2D eigenvalue weighted by Crippen LogP contribution is -2.57. The number of amides is 1. The average Bonchev–Trinajstić information content (AvgIpc) is 2.42. The Morgan fingerprint density at radius 2 is 1.65 bits per heavy atom. The SMILES string of the molecule is CC1CCC(NC(=O)C2CCC(N)CC2)(C(=O)O)CC1. The van der Waals surface area contributed by atoms with Crippen molar-refractivity contribution in [2.45, 2.75) is 69.9 Å². The molecule has 0 spiro atoms. The fourth-order valence-corrected chi connectivity index (χ4v) is 3.37. The summed E-state index contributed by atoms with van der Waals surface area (Å²) in [5, 5.41) is 12.4. The van der Waals surface area contributed by atoms with Gasteiger partial charge in [-0.2, -0.15) is 0 Å². The van der Waals surface area contributed by atoms with Crippen molar-refractivity contribution in [3.63, 3.8) is 0 Å². The zero-order chi connectivity index (χ0) is 14.8. The summed E-state index contributed by atoms with van der Waals surface area (Å²) in [6.07, 6.45) is 6.08. The first-order chi connectivity index (χ1) is 9.43. The molecule has 2 aliphatic carbocycles. The first-order valence-electron chi connectivity index (χ1n) is 7.74. The maximum absolute atomic E-state index is 12.3. The second kappa shape index (κ2) is 6.12. The number of carboxylic acids is 1. The van der Waals surface area contributed by atoms with Gasteiger partial charge in [0.25, 0.3) is 0 Å². The molecular weight excluding hydrogens is 256 g/mol. The highest BCUT2D eigenvalue weighted by molar-refractivity contribution is 5.88. The number of nitrogens with one attached hydrogen (secondary N) is 1. The molecule has 0 atom stereocenters. The number of carboxylic acid groups (broad SMARTS) is 1. The summed E-state index contributed by atoms with van der Waals surface area (Å²) >= 11 is 0. The van der Waals surface area contributed by atoms with Crippen LogP contribution in [0.15, 0.2) is 0 Å². The summed E-state index contributed by atoms with van der Waals surface area (Å²) in [5.74, 6) is -0.489. The minimum Gasteiger partial charge on any atom is -0.480 e. The highest BCUT2D eigenvalue weighted by atomic mass is 16.4. The standard InChI is InChI=1S/C15H26N2O3/c1-10-6-8-15(9-7-10,14(19)20)17-13(18)11-2-4-12(16)5-3-11/h10-12H,2-9,16H2,1H3,(H,17,18)(H,19,20). The summed E-state index contributed by atoms with van der Waals surface area (Å²) < 4.78 is 0. The van der Waals surface area contributed by atoms with Crippen LogP contribution in [-0.2, 0) is 9.59 Å². The monoisotopic (exact) mass is 282 g/mol. The normalized spacial score (nSPS) is 38.2. The maximum atomic E-state index is 12.3. The zero-order valence-corrected chi connectivity index (χ0v) is 12.2. The first kappa shape index (κ1) is 15.3. The van der Waals surface area contributed by atoms with Crippen molar-refractivity contribution in [2.24, 2.45) is 17.6 Å². The Morgan fingerprint density at radius 3 is 2.15 bits per heavy atom. The number of hydrogen-bond acceptors (Lipinski definition) is 3. The molecule has 20 heavy (non-hydrogen) atoms. The van der Waals surface area contributed by atoms with Gasteiger partial charge in [0.15, 0.2) is 0 Å². The highest BCUT2D eigenvalue weighted by Crippen LogP contribution is 2.33. The number of aliphatic carboxylic acids is 1. The van der Waals surface area contributed by atoms with Crippen molar-refractivity contribution >= 4 is 11.9 Å². The molecule has 5 nitrogen and oxygen atoms in total.